The Labute approximate surface area is 148 Å². The van der Waals surface area contributed by atoms with Crippen molar-refractivity contribution in [3.8, 4) is 0 Å². The third kappa shape index (κ3) is 3.28. The van der Waals surface area contributed by atoms with Gasteiger partial charge in [-0.05, 0) is 42.5 Å². The normalized spacial score (nSPS) is 17.6. The fourth-order valence-corrected chi connectivity index (χ4v) is 3.89. The number of carbonyl (C=O) groups is 2. The summed E-state index contributed by atoms with van der Waals surface area (Å²) in [6, 6.07) is 9.35. The molecule has 1 aliphatic rings. The van der Waals surface area contributed by atoms with Crippen LogP contribution in [0.1, 0.15) is 22.5 Å². The lowest BCUT2D eigenvalue weighted by Gasteiger charge is -2.31. The molecule has 7 heteroatoms. The van der Waals surface area contributed by atoms with Crippen molar-refractivity contribution in [2.45, 2.75) is 12.8 Å². The minimum Gasteiger partial charge on any atom is -0.337 e. The molecule has 2 N–H and O–H groups in total. The molecule has 3 heterocycles. The number of fused-ring (bicyclic) bond motifs is 1. The lowest BCUT2D eigenvalue weighted by Crippen LogP contribution is -2.43. The number of anilines is 1. The Balaban J connectivity index is 1.43. The standard InChI is InChI=1S/C18H18N4O2S/c23-17(20-14-5-6-15-13(9-14)10-19-21-15)12-3-1-7-22(11-12)18(24)16-4-2-8-25-16/h2,4-6,8-10,12H,1,3,7,11H2,(H,19,21)(H,20,23)/t12-/m0/s1. The summed E-state index contributed by atoms with van der Waals surface area (Å²) in [6.07, 6.45) is 3.37. The molecule has 2 amide bonds. The summed E-state index contributed by atoms with van der Waals surface area (Å²) in [6.45, 7) is 1.18. The zero-order valence-corrected chi connectivity index (χ0v) is 14.4. The summed E-state index contributed by atoms with van der Waals surface area (Å²) >= 11 is 1.44. The number of amides is 2. The van der Waals surface area contributed by atoms with Crippen molar-refractivity contribution < 1.29 is 9.59 Å². The zero-order valence-electron chi connectivity index (χ0n) is 13.6. The highest BCUT2D eigenvalue weighted by atomic mass is 32.1. The first-order chi connectivity index (χ1) is 12.2. The van der Waals surface area contributed by atoms with Gasteiger partial charge in [-0.1, -0.05) is 6.07 Å². The number of carbonyl (C=O) groups excluding carboxylic acids is 2. The quantitative estimate of drug-likeness (QED) is 0.758. The van der Waals surface area contributed by atoms with Gasteiger partial charge in [0.05, 0.1) is 22.5 Å². The molecule has 4 rings (SSSR count). The molecule has 1 atom stereocenters. The number of H-pyrrole nitrogens is 1. The second kappa shape index (κ2) is 6.68. The Morgan fingerprint density at radius 3 is 3.08 bits per heavy atom. The van der Waals surface area contributed by atoms with Crippen molar-refractivity contribution in [2.24, 2.45) is 5.92 Å². The maximum absolute atomic E-state index is 12.6. The van der Waals surface area contributed by atoms with Crippen LogP contribution in [0.2, 0.25) is 0 Å². The molecule has 2 aromatic heterocycles. The fraction of sp³-hybridized carbons (Fsp3) is 0.278. The van der Waals surface area contributed by atoms with Gasteiger partial charge in [0.1, 0.15) is 0 Å². The SMILES string of the molecule is O=C(Nc1ccc2[nH]ncc2c1)[C@H]1CCCN(C(=O)c2cccs2)C1. The highest BCUT2D eigenvalue weighted by Gasteiger charge is 2.29. The van der Waals surface area contributed by atoms with Crippen LogP contribution < -0.4 is 5.32 Å². The predicted molar refractivity (Wildman–Crippen MR) is 97.7 cm³/mol. The third-order valence-corrected chi connectivity index (χ3v) is 5.38. The molecule has 1 saturated heterocycles. The van der Waals surface area contributed by atoms with Crippen LogP contribution in [-0.2, 0) is 4.79 Å². The smallest absolute Gasteiger partial charge is 0.263 e. The molecule has 3 aromatic rings. The Hall–Kier alpha value is -2.67. The summed E-state index contributed by atoms with van der Waals surface area (Å²) in [5.41, 5.74) is 1.68. The molecule has 1 aromatic carbocycles. The highest BCUT2D eigenvalue weighted by Crippen LogP contribution is 2.23. The highest BCUT2D eigenvalue weighted by molar-refractivity contribution is 7.12. The molecular weight excluding hydrogens is 336 g/mol. The zero-order chi connectivity index (χ0) is 17.2. The molecule has 0 bridgehead atoms. The van der Waals surface area contributed by atoms with Crippen LogP contribution in [0.3, 0.4) is 0 Å². The van der Waals surface area contributed by atoms with E-state index in [9.17, 15) is 9.59 Å². The van der Waals surface area contributed by atoms with Gasteiger partial charge in [0, 0.05) is 24.2 Å². The van der Waals surface area contributed by atoms with Crippen LogP contribution >= 0.6 is 11.3 Å². The molecule has 1 fully saturated rings. The minimum atomic E-state index is -0.183. The van der Waals surface area contributed by atoms with Gasteiger partial charge in [0.15, 0.2) is 0 Å². The van der Waals surface area contributed by atoms with Crippen LogP contribution in [0.5, 0.6) is 0 Å². The van der Waals surface area contributed by atoms with E-state index >= 15 is 0 Å². The summed E-state index contributed by atoms with van der Waals surface area (Å²) < 4.78 is 0. The topological polar surface area (TPSA) is 78.1 Å². The van der Waals surface area contributed by atoms with Crippen molar-refractivity contribution in [1.29, 1.82) is 0 Å². The number of hydrogen-bond acceptors (Lipinski definition) is 4. The number of benzene rings is 1. The van der Waals surface area contributed by atoms with E-state index in [-0.39, 0.29) is 17.7 Å². The molecule has 0 radical (unpaired) electrons. The van der Waals surface area contributed by atoms with Gasteiger partial charge in [-0.25, -0.2) is 0 Å². The van der Waals surface area contributed by atoms with Crippen LogP contribution in [0.15, 0.2) is 41.9 Å². The fourth-order valence-electron chi connectivity index (χ4n) is 3.20. The van der Waals surface area contributed by atoms with Gasteiger partial charge in [0.25, 0.3) is 5.91 Å². The monoisotopic (exact) mass is 354 g/mol. The molecule has 0 spiro atoms. The van der Waals surface area contributed by atoms with Crippen LogP contribution in [0.25, 0.3) is 10.9 Å². The van der Waals surface area contributed by atoms with E-state index < -0.39 is 0 Å². The summed E-state index contributed by atoms with van der Waals surface area (Å²) in [4.78, 5) is 27.6. The molecule has 0 aliphatic carbocycles. The van der Waals surface area contributed by atoms with Crippen molar-refractivity contribution in [3.63, 3.8) is 0 Å². The predicted octanol–water partition coefficient (Wildman–Crippen LogP) is 3.12. The first-order valence-electron chi connectivity index (χ1n) is 8.27. The second-order valence-electron chi connectivity index (χ2n) is 6.23. The van der Waals surface area contributed by atoms with Gasteiger partial charge >= 0.3 is 0 Å². The van der Waals surface area contributed by atoms with Crippen molar-refractivity contribution >= 4 is 39.7 Å². The first-order valence-corrected chi connectivity index (χ1v) is 9.15. The average molecular weight is 354 g/mol. The maximum atomic E-state index is 12.6. The number of thiophene rings is 1. The van der Waals surface area contributed by atoms with E-state index in [2.05, 4.69) is 15.5 Å². The number of piperidine rings is 1. The van der Waals surface area contributed by atoms with Crippen LogP contribution in [0, 0.1) is 5.92 Å². The van der Waals surface area contributed by atoms with Gasteiger partial charge < -0.3 is 10.2 Å². The largest absolute Gasteiger partial charge is 0.337 e. The van der Waals surface area contributed by atoms with E-state index in [1.807, 2.05) is 35.7 Å². The Kier molecular flexibility index (Phi) is 4.23. The molecule has 0 saturated carbocycles. The molecular formula is C18H18N4O2S. The molecule has 6 nitrogen and oxygen atoms in total. The minimum absolute atomic E-state index is 0.0207. The third-order valence-electron chi connectivity index (χ3n) is 4.52. The number of nitrogens with zero attached hydrogens (tertiary/aromatic N) is 2. The summed E-state index contributed by atoms with van der Waals surface area (Å²) in [5.74, 6) is -0.198. The number of aromatic nitrogens is 2. The number of rotatable bonds is 3. The Bertz CT molecular complexity index is 903. The van der Waals surface area contributed by atoms with E-state index in [1.54, 1.807) is 11.1 Å². The molecule has 25 heavy (non-hydrogen) atoms. The van der Waals surface area contributed by atoms with Gasteiger partial charge in [-0.2, -0.15) is 5.10 Å². The first kappa shape index (κ1) is 15.8. The Morgan fingerprint density at radius 1 is 1.32 bits per heavy atom. The van der Waals surface area contributed by atoms with E-state index in [4.69, 9.17) is 0 Å². The maximum Gasteiger partial charge on any atom is 0.263 e. The van der Waals surface area contributed by atoms with Crippen molar-refractivity contribution in [2.75, 3.05) is 18.4 Å². The lowest BCUT2D eigenvalue weighted by atomic mass is 9.96. The van der Waals surface area contributed by atoms with Crippen LogP contribution in [-0.4, -0.2) is 40.0 Å². The molecule has 0 unspecified atom stereocenters. The second-order valence-corrected chi connectivity index (χ2v) is 7.18. The van der Waals surface area contributed by atoms with Gasteiger partial charge in [-0.15, -0.1) is 11.3 Å². The number of likely N-dealkylation sites (tertiary alicyclic amines) is 1. The Morgan fingerprint density at radius 2 is 2.24 bits per heavy atom. The average Bonchev–Trinajstić information content (AvgIpc) is 3.32. The lowest BCUT2D eigenvalue weighted by molar-refractivity contribution is -0.121. The van der Waals surface area contributed by atoms with Crippen molar-refractivity contribution in [1.82, 2.24) is 15.1 Å². The summed E-state index contributed by atoms with van der Waals surface area (Å²) in [7, 11) is 0. The molecule has 128 valence electrons. The number of hydrogen-bond donors (Lipinski definition) is 2. The van der Waals surface area contributed by atoms with Gasteiger partial charge in [-0.3, -0.25) is 14.7 Å². The van der Waals surface area contributed by atoms with E-state index in [0.717, 1.165) is 34.3 Å². The summed E-state index contributed by atoms with van der Waals surface area (Å²) in [5, 5.41) is 12.7. The number of nitrogens with one attached hydrogen (secondary N) is 2. The number of aromatic amines is 1. The van der Waals surface area contributed by atoms with E-state index in [1.165, 1.54) is 11.3 Å². The van der Waals surface area contributed by atoms with Crippen molar-refractivity contribution in [3.05, 3.63) is 46.8 Å². The van der Waals surface area contributed by atoms with E-state index in [0.29, 0.717) is 13.1 Å². The molecule has 1 aliphatic heterocycles. The van der Waals surface area contributed by atoms with Gasteiger partial charge in [0.2, 0.25) is 5.91 Å². The van der Waals surface area contributed by atoms with Crippen LogP contribution in [0.4, 0.5) is 5.69 Å².